The monoisotopic (exact) mass is 363 g/mol. The molecule has 6 nitrogen and oxygen atoms in total. The number of hydrogen-bond acceptors (Lipinski definition) is 4. The van der Waals surface area contributed by atoms with Crippen molar-refractivity contribution in [3.8, 4) is 0 Å². The third kappa shape index (κ3) is 3.85. The molecule has 0 unspecified atom stereocenters. The molecule has 0 bridgehead atoms. The van der Waals surface area contributed by atoms with Crippen molar-refractivity contribution in [1.29, 1.82) is 0 Å². The Morgan fingerprint density at radius 1 is 1.37 bits per heavy atom. The summed E-state index contributed by atoms with van der Waals surface area (Å²) < 4.78 is 0. The number of carbonyl (C=O) groups is 1. The molecule has 27 heavy (non-hydrogen) atoms. The van der Waals surface area contributed by atoms with Crippen molar-refractivity contribution in [2.75, 3.05) is 20.1 Å². The van der Waals surface area contributed by atoms with Crippen molar-refractivity contribution in [2.24, 2.45) is 0 Å². The fourth-order valence-corrected chi connectivity index (χ4v) is 3.83. The number of nitrogens with one attached hydrogen (secondary N) is 1. The Balaban J connectivity index is 1.46. The van der Waals surface area contributed by atoms with E-state index in [-0.39, 0.29) is 11.9 Å². The smallest absolute Gasteiger partial charge is 0.237 e. The minimum absolute atomic E-state index is 0.0389. The first kappa shape index (κ1) is 17.7. The largest absolute Gasteiger partial charge is 0.340 e. The Morgan fingerprint density at radius 2 is 2.26 bits per heavy atom. The number of H-pyrrole nitrogens is 1. The van der Waals surface area contributed by atoms with Crippen molar-refractivity contribution >= 4 is 16.9 Å². The maximum atomic E-state index is 12.9. The van der Waals surface area contributed by atoms with E-state index in [0.717, 1.165) is 41.8 Å². The second kappa shape index (κ2) is 7.48. The second-order valence-corrected chi connectivity index (χ2v) is 7.42. The van der Waals surface area contributed by atoms with Crippen LogP contribution in [0.5, 0.6) is 0 Å². The SMILES string of the molecule is Cc1ccc2nc([C@H]3CCCN3C(=O)CN(C)Cc3cccnc3)[nH]c2c1. The summed E-state index contributed by atoms with van der Waals surface area (Å²) in [5.74, 6) is 1.05. The molecule has 3 aromatic rings. The summed E-state index contributed by atoms with van der Waals surface area (Å²) in [7, 11) is 1.97. The standard InChI is InChI=1S/C21H25N5O/c1-15-7-8-17-18(11-15)24-21(23-17)19-6-4-10-26(19)20(27)14-25(2)13-16-5-3-9-22-12-16/h3,5,7-9,11-12,19H,4,6,10,13-14H2,1-2H3,(H,23,24)/t19-/m1/s1. The lowest BCUT2D eigenvalue weighted by Gasteiger charge is -2.26. The van der Waals surface area contributed by atoms with E-state index in [4.69, 9.17) is 4.98 Å². The van der Waals surface area contributed by atoms with Crippen LogP contribution in [0.15, 0.2) is 42.7 Å². The Morgan fingerprint density at radius 3 is 3.07 bits per heavy atom. The van der Waals surface area contributed by atoms with Gasteiger partial charge in [-0.1, -0.05) is 12.1 Å². The molecule has 0 spiro atoms. The Bertz CT molecular complexity index is 936. The van der Waals surface area contributed by atoms with Crippen LogP contribution in [0.2, 0.25) is 0 Å². The number of aromatic amines is 1. The number of likely N-dealkylation sites (N-methyl/N-ethyl adjacent to an activating group) is 1. The first-order chi connectivity index (χ1) is 13.1. The summed E-state index contributed by atoms with van der Waals surface area (Å²) in [5, 5.41) is 0. The Labute approximate surface area is 159 Å². The number of carbonyl (C=O) groups excluding carboxylic acids is 1. The van der Waals surface area contributed by atoms with Gasteiger partial charge in [0.2, 0.25) is 5.91 Å². The molecule has 1 aliphatic heterocycles. The highest BCUT2D eigenvalue weighted by Gasteiger charge is 2.32. The van der Waals surface area contributed by atoms with Crippen LogP contribution in [0.3, 0.4) is 0 Å². The number of benzene rings is 1. The maximum Gasteiger partial charge on any atom is 0.237 e. The molecular formula is C21H25N5O. The van der Waals surface area contributed by atoms with E-state index in [2.05, 4.69) is 29.0 Å². The number of nitrogens with zero attached hydrogens (tertiary/aromatic N) is 4. The lowest BCUT2D eigenvalue weighted by atomic mass is 10.2. The Kier molecular flexibility index (Phi) is 4.90. The van der Waals surface area contributed by atoms with Gasteiger partial charge in [0.25, 0.3) is 0 Å². The molecule has 1 aliphatic rings. The van der Waals surface area contributed by atoms with Gasteiger partial charge in [-0.15, -0.1) is 0 Å². The fourth-order valence-electron chi connectivity index (χ4n) is 3.83. The summed E-state index contributed by atoms with van der Waals surface area (Å²) in [6.45, 7) is 3.97. The second-order valence-electron chi connectivity index (χ2n) is 7.42. The number of pyridine rings is 1. The zero-order chi connectivity index (χ0) is 18.8. The lowest BCUT2D eigenvalue weighted by molar-refractivity contribution is -0.133. The molecule has 3 heterocycles. The van der Waals surface area contributed by atoms with E-state index >= 15 is 0 Å². The van der Waals surface area contributed by atoms with Crippen molar-refractivity contribution in [1.82, 2.24) is 24.8 Å². The molecular weight excluding hydrogens is 338 g/mol. The normalized spacial score (nSPS) is 17.1. The lowest BCUT2D eigenvalue weighted by Crippen LogP contribution is -2.38. The number of fused-ring (bicyclic) bond motifs is 1. The molecule has 0 aliphatic carbocycles. The molecule has 1 saturated heterocycles. The third-order valence-corrected chi connectivity index (χ3v) is 5.12. The van der Waals surface area contributed by atoms with Crippen LogP contribution in [0, 0.1) is 6.92 Å². The molecule has 1 amide bonds. The van der Waals surface area contributed by atoms with Crippen LogP contribution < -0.4 is 0 Å². The maximum absolute atomic E-state index is 12.9. The molecule has 140 valence electrons. The quantitative estimate of drug-likeness (QED) is 0.757. The number of aryl methyl sites for hydroxylation is 1. The van der Waals surface area contributed by atoms with Gasteiger partial charge in [0.1, 0.15) is 5.82 Å². The van der Waals surface area contributed by atoms with E-state index in [0.29, 0.717) is 13.1 Å². The predicted octanol–water partition coefficient (Wildman–Crippen LogP) is 3.06. The molecule has 1 fully saturated rings. The molecule has 4 rings (SSSR count). The Hall–Kier alpha value is -2.73. The number of imidazole rings is 1. The topological polar surface area (TPSA) is 65.1 Å². The van der Waals surface area contributed by atoms with Crippen LogP contribution in [0.4, 0.5) is 0 Å². The van der Waals surface area contributed by atoms with Crippen LogP contribution in [-0.4, -0.2) is 50.8 Å². The first-order valence-electron chi connectivity index (χ1n) is 9.43. The van der Waals surface area contributed by atoms with E-state index in [1.807, 2.05) is 41.2 Å². The van der Waals surface area contributed by atoms with Gasteiger partial charge in [0.05, 0.1) is 23.6 Å². The minimum atomic E-state index is 0.0389. The van der Waals surface area contributed by atoms with Gasteiger partial charge in [0, 0.05) is 25.5 Å². The van der Waals surface area contributed by atoms with Crippen LogP contribution >= 0.6 is 0 Å². The molecule has 0 radical (unpaired) electrons. The van der Waals surface area contributed by atoms with Crippen molar-refractivity contribution in [3.05, 3.63) is 59.7 Å². The first-order valence-corrected chi connectivity index (χ1v) is 9.43. The molecule has 2 aromatic heterocycles. The molecule has 1 N–H and O–H groups in total. The summed E-state index contributed by atoms with van der Waals surface area (Å²) in [4.78, 5) is 29.3. The highest BCUT2D eigenvalue weighted by Crippen LogP contribution is 2.31. The van der Waals surface area contributed by atoms with Crippen LogP contribution in [0.25, 0.3) is 11.0 Å². The van der Waals surface area contributed by atoms with Gasteiger partial charge in [0.15, 0.2) is 0 Å². The van der Waals surface area contributed by atoms with Crippen molar-refractivity contribution in [3.63, 3.8) is 0 Å². The zero-order valence-electron chi connectivity index (χ0n) is 15.9. The number of likely N-dealkylation sites (tertiary alicyclic amines) is 1. The average molecular weight is 363 g/mol. The minimum Gasteiger partial charge on any atom is -0.340 e. The van der Waals surface area contributed by atoms with E-state index in [9.17, 15) is 4.79 Å². The van der Waals surface area contributed by atoms with Crippen LogP contribution in [-0.2, 0) is 11.3 Å². The van der Waals surface area contributed by atoms with Gasteiger partial charge < -0.3 is 9.88 Å². The molecule has 1 aromatic carbocycles. The summed E-state index contributed by atoms with van der Waals surface area (Å²) in [6.07, 6.45) is 5.57. The molecule has 0 saturated carbocycles. The third-order valence-electron chi connectivity index (χ3n) is 5.12. The number of amides is 1. The number of hydrogen-bond donors (Lipinski definition) is 1. The summed E-state index contributed by atoms with van der Waals surface area (Å²) >= 11 is 0. The fraction of sp³-hybridized carbons (Fsp3) is 0.381. The molecule has 6 heteroatoms. The van der Waals surface area contributed by atoms with Gasteiger partial charge in [-0.3, -0.25) is 14.7 Å². The van der Waals surface area contributed by atoms with Gasteiger partial charge >= 0.3 is 0 Å². The van der Waals surface area contributed by atoms with Gasteiger partial charge in [-0.2, -0.15) is 0 Å². The number of aromatic nitrogens is 3. The van der Waals surface area contributed by atoms with Crippen LogP contribution in [0.1, 0.15) is 35.8 Å². The highest BCUT2D eigenvalue weighted by atomic mass is 16.2. The van der Waals surface area contributed by atoms with Gasteiger partial charge in [-0.25, -0.2) is 4.98 Å². The van der Waals surface area contributed by atoms with Crippen molar-refractivity contribution in [2.45, 2.75) is 32.4 Å². The zero-order valence-corrected chi connectivity index (χ0v) is 15.9. The van der Waals surface area contributed by atoms with E-state index in [1.165, 1.54) is 5.56 Å². The predicted molar refractivity (Wildman–Crippen MR) is 105 cm³/mol. The van der Waals surface area contributed by atoms with E-state index < -0.39 is 0 Å². The van der Waals surface area contributed by atoms with E-state index in [1.54, 1.807) is 6.20 Å². The average Bonchev–Trinajstić information content (AvgIpc) is 3.28. The van der Waals surface area contributed by atoms with Crippen molar-refractivity contribution < 1.29 is 4.79 Å². The summed E-state index contributed by atoms with van der Waals surface area (Å²) in [6, 6.07) is 10.2. The van der Waals surface area contributed by atoms with Gasteiger partial charge in [-0.05, 0) is 56.1 Å². The highest BCUT2D eigenvalue weighted by molar-refractivity contribution is 5.79. The summed E-state index contributed by atoms with van der Waals surface area (Å²) in [5.41, 5.74) is 4.31. The number of rotatable bonds is 5. The molecule has 1 atom stereocenters.